The molecule has 1 unspecified atom stereocenters. The summed E-state index contributed by atoms with van der Waals surface area (Å²) >= 11 is 0. The van der Waals surface area contributed by atoms with Crippen LogP contribution >= 0.6 is 0 Å². The van der Waals surface area contributed by atoms with Gasteiger partial charge in [-0.3, -0.25) is 9.80 Å². The van der Waals surface area contributed by atoms with E-state index in [4.69, 9.17) is 5.73 Å². The van der Waals surface area contributed by atoms with Crippen molar-refractivity contribution >= 4 is 0 Å². The normalized spacial score (nSPS) is 24.5. The number of piperazine rings is 1. The first-order valence-electron chi connectivity index (χ1n) is 7.63. The fraction of sp³-hybridized carbons (Fsp3) is 0.625. The Labute approximate surface area is 121 Å². The lowest BCUT2D eigenvalue weighted by atomic mass is 9.91. The maximum absolute atomic E-state index is 9.76. The minimum atomic E-state index is -0.650. The van der Waals surface area contributed by atoms with Crippen molar-refractivity contribution < 1.29 is 5.11 Å². The summed E-state index contributed by atoms with van der Waals surface area (Å²) in [5, 5.41) is 9.76. The van der Waals surface area contributed by atoms with Crippen LogP contribution in [0.5, 0.6) is 0 Å². The third-order valence-electron chi connectivity index (χ3n) is 4.61. The van der Waals surface area contributed by atoms with E-state index in [9.17, 15) is 5.11 Å². The number of hydrogen-bond donors (Lipinski definition) is 2. The zero-order chi connectivity index (χ0) is 14.0. The average molecular weight is 275 g/mol. The molecule has 3 N–H and O–H groups in total. The second-order valence-corrected chi connectivity index (χ2v) is 6.22. The van der Waals surface area contributed by atoms with E-state index in [1.807, 2.05) is 30.3 Å². The van der Waals surface area contributed by atoms with Crippen molar-refractivity contribution in [2.75, 3.05) is 39.3 Å². The molecule has 1 heterocycles. The SMILES string of the molecule is NC(CO)(CN1CCN(C2CC2)CC1)c1ccccc1. The number of rotatable bonds is 5. The summed E-state index contributed by atoms with van der Waals surface area (Å²) in [4.78, 5) is 4.98. The van der Waals surface area contributed by atoms with E-state index in [2.05, 4.69) is 9.80 Å². The van der Waals surface area contributed by atoms with Crippen LogP contribution in [0.1, 0.15) is 18.4 Å². The molecule has 0 bridgehead atoms. The molecule has 2 aliphatic rings. The highest BCUT2D eigenvalue weighted by Gasteiger charge is 2.34. The van der Waals surface area contributed by atoms with Gasteiger partial charge in [0, 0.05) is 38.8 Å². The van der Waals surface area contributed by atoms with Gasteiger partial charge in [-0.1, -0.05) is 30.3 Å². The van der Waals surface area contributed by atoms with Gasteiger partial charge in [0.05, 0.1) is 12.1 Å². The number of nitrogens with zero attached hydrogens (tertiary/aromatic N) is 2. The largest absolute Gasteiger partial charge is 0.394 e. The Morgan fingerprint density at radius 3 is 2.30 bits per heavy atom. The predicted octanol–water partition coefficient (Wildman–Crippen LogP) is 0.613. The van der Waals surface area contributed by atoms with E-state index in [1.54, 1.807) is 0 Å². The first kappa shape index (κ1) is 14.0. The molecule has 1 aliphatic heterocycles. The van der Waals surface area contributed by atoms with E-state index in [1.165, 1.54) is 12.8 Å². The number of benzene rings is 1. The zero-order valence-electron chi connectivity index (χ0n) is 12.0. The zero-order valence-corrected chi connectivity index (χ0v) is 12.0. The minimum absolute atomic E-state index is 0.0140. The third kappa shape index (κ3) is 3.04. The first-order valence-corrected chi connectivity index (χ1v) is 7.63. The third-order valence-corrected chi connectivity index (χ3v) is 4.61. The topological polar surface area (TPSA) is 52.7 Å². The van der Waals surface area contributed by atoms with Crippen LogP contribution in [-0.4, -0.2) is 60.3 Å². The highest BCUT2D eigenvalue weighted by atomic mass is 16.3. The van der Waals surface area contributed by atoms with Gasteiger partial charge in [0.15, 0.2) is 0 Å². The van der Waals surface area contributed by atoms with Crippen LogP contribution in [0.25, 0.3) is 0 Å². The Morgan fingerprint density at radius 1 is 1.10 bits per heavy atom. The molecule has 0 radical (unpaired) electrons. The summed E-state index contributed by atoms with van der Waals surface area (Å²) in [6, 6.07) is 10.8. The summed E-state index contributed by atoms with van der Waals surface area (Å²) in [6.45, 7) is 5.11. The molecule has 0 aromatic heterocycles. The van der Waals surface area contributed by atoms with Crippen molar-refractivity contribution in [1.29, 1.82) is 0 Å². The average Bonchev–Trinajstić information content (AvgIpc) is 3.33. The van der Waals surface area contributed by atoms with Crippen molar-refractivity contribution in [3.8, 4) is 0 Å². The molecule has 110 valence electrons. The molecule has 1 saturated carbocycles. The Hall–Kier alpha value is -0.940. The van der Waals surface area contributed by atoms with Gasteiger partial charge in [-0.2, -0.15) is 0 Å². The fourth-order valence-electron chi connectivity index (χ4n) is 3.13. The van der Waals surface area contributed by atoms with Crippen LogP contribution in [0, 0.1) is 0 Å². The van der Waals surface area contributed by atoms with E-state index >= 15 is 0 Å². The van der Waals surface area contributed by atoms with Gasteiger partial charge in [-0.15, -0.1) is 0 Å². The molecular weight excluding hydrogens is 250 g/mol. The highest BCUT2D eigenvalue weighted by Crippen LogP contribution is 2.28. The Bertz CT molecular complexity index is 427. The number of nitrogens with two attached hydrogens (primary N) is 1. The summed E-state index contributed by atoms with van der Waals surface area (Å²) in [5.74, 6) is 0. The van der Waals surface area contributed by atoms with E-state index < -0.39 is 5.54 Å². The summed E-state index contributed by atoms with van der Waals surface area (Å²) in [7, 11) is 0. The van der Waals surface area contributed by atoms with Gasteiger partial charge in [-0.05, 0) is 18.4 Å². The van der Waals surface area contributed by atoms with Crippen LogP contribution in [0.3, 0.4) is 0 Å². The Kier molecular flexibility index (Phi) is 4.08. The molecule has 2 fully saturated rings. The van der Waals surface area contributed by atoms with E-state index in [0.717, 1.165) is 44.3 Å². The molecule has 3 rings (SSSR count). The molecule has 0 amide bonds. The highest BCUT2D eigenvalue weighted by molar-refractivity contribution is 5.24. The van der Waals surface area contributed by atoms with Crippen LogP contribution < -0.4 is 5.73 Å². The molecule has 4 nitrogen and oxygen atoms in total. The quantitative estimate of drug-likeness (QED) is 0.827. The van der Waals surface area contributed by atoms with Gasteiger partial charge in [0.25, 0.3) is 0 Å². The standard InChI is InChI=1S/C16H25N3O/c17-16(13-20,14-4-2-1-3-5-14)12-18-8-10-19(11-9-18)15-6-7-15/h1-5,15,20H,6-13,17H2. The van der Waals surface area contributed by atoms with Crippen molar-refractivity contribution in [2.45, 2.75) is 24.4 Å². The van der Waals surface area contributed by atoms with Gasteiger partial charge < -0.3 is 10.8 Å². The lowest BCUT2D eigenvalue weighted by Crippen LogP contribution is -2.55. The lowest BCUT2D eigenvalue weighted by molar-refractivity contribution is 0.0834. The first-order chi connectivity index (χ1) is 9.71. The number of aliphatic hydroxyl groups excluding tert-OH is 1. The summed E-state index contributed by atoms with van der Waals surface area (Å²) in [6.07, 6.45) is 2.75. The van der Waals surface area contributed by atoms with Crippen LogP contribution in [0.15, 0.2) is 30.3 Å². The van der Waals surface area contributed by atoms with Crippen LogP contribution in [-0.2, 0) is 5.54 Å². The molecule has 4 heteroatoms. The van der Waals surface area contributed by atoms with Crippen molar-refractivity contribution in [2.24, 2.45) is 5.73 Å². The van der Waals surface area contributed by atoms with Crippen LogP contribution in [0.2, 0.25) is 0 Å². The molecule has 0 spiro atoms. The van der Waals surface area contributed by atoms with Gasteiger partial charge in [0.2, 0.25) is 0 Å². The maximum atomic E-state index is 9.76. The van der Waals surface area contributed by atoms with Gasteiger partial charge in [0.1, 0.15) is 0 Å². The maximum Gasteiger partial charge on any atom is 0.0772 e. The monoisotopic (exact) mass is 275 g/mol. The Balaban J connectivity index is 1.60. The van der Waals surface area contributed by atoms with Crippen molar-refractivity contribution in [3.05, 3.63) is 35.9 Å². The summed E-state index contributed by atoms with van der Waals surface area (Å²) in [5.41, 5.74) is 6.82. The molecule has 1 atom stereocenters. The molecule has 1 aliphatic carbocycles. The molecule has 1 aromatic carbocycles. The molecule has 1 saturated heterocycles. The minimum Gasteiger partial charge on any atom is -0.394 e. The lowest BCUT2D eigenvalue weighted by Gasteiger charge is -2.39. The van der Waals surface area contributed by atoms with E-state index in [0.29, 0.717) is 0 Å². The van der Waals surface area contributed by atoms with Crippen molar-refractivity contribution in [1.82, 2.24) is 9.80 Å². The summed E-state index contributed by atoms with van der Waals surface area (Å²) < 4.78 is 0. The van der Waals surface area contributed by atoms with Gasteiger partial charge >= 0.3 is 0 Å². The van der Waals surface area contributed by atoms with E-state index in [-0.39, 0.29) is 6.61 Å². The smallest absolute Gasteiger partial charge is 0.0772 e. The Morgan fingerprint density at radius 2 is 1.75 bits per heavy atom. The number of aliphatic hydroxyl groups is 1. The fourth-order valence-corrected chi connectivity index (χ4v) is 3.13. The van der Waals surface area contributed by atoms with Gasteiger partial charge in [-0.25, -0.2) is 0 Å². The second kappa shape index (κ2) is 5.82. The molecular formula is C16H25N3O. The van der Waals surface area contributed by atoms with Crippen LogP contribution in [0.4, 0.5) is 0 Å². The molecule has 1 aromatic rings. The van der Waals surface area contributed by atoms with Crippen molar-refractivity contribution in [3.63, 3.8) is 0 Å². The number of hydrogen-bond acceptors (Lipinski definition) is 4. The molecule has 20 heavy (non-hydrogen) atoms. The second-order valence-electron chi connectivity index (χ2n) is 6.22. The predicted molar refractivity (Wildman–Crippen MR) is 80.4 cm³/mol.